The van der Waals surface area contributed by atoms with Crippen molar-refractivity contribution in [3.8, 4) is 0 Å². The van der Waals surface area contributed by atoms with E-state index in [9.17, 15) is 0 Å². The Labute approximate surface area is 65.9 Å². The lowest BCUT2D eigenvalue weighted by atomic mass is 9.81. The van der Waals surface area contributed by atoms with Gasteiger partial charge in [-0.05, 0) is 42.7 Å². The molecule has 54 valence electrons. The number of hydrogen-bond acceptors (Lipinski definition) is 1. The highest BCUT2D eigenvalue weighted by Gasteiger charge is 2.19. The number of aryl methyl sites for hydroxylation is 1. The van der Waals surface area contributed by atoms with E-state index >= 15 is 0 Å². The second-order valence-corrected chi connectivity index (χ2v) is 4.23. The van der Waals surface area contributed by atoms with Crippen LogP contribution in [0.1, 0.15) is 35.6 Å². The lowest BCUT2D eigenvalue weighted by Gasteiger charge is -2.24. The van der Waals surface area contributed by atoms with Crippen molar-refractivity contribution in [3.05, 3.63) is 21.9 Å². The number of thiophene rings is 1. The van der Waals surface area contributed by atoms with Crippen molar-refractivity contribution in [3.63, 3.8) is 0 Å². The first-order valence-electron chi connectivity index (χ1n) is 3.91. The molecule has 0 amide bonds. The molecule has 0 nitrogen and oxygen atoms in total. The average molecular weight is 152 g/mol. The van der Waals surface area contributed by atoms with Crippen molar-refractivity contribution in [2.45, 2.75) is 32.1 Å². The second-order valence-electron chi connectivity index (χ2n) is 3.12. The fourth-order valence-corrected chi connectivity index (χ4v) is 2.21. The third kappa shape index (κ3) is 0.988. The monoisotopic (exact) mass is 152 g/mol. The first-order valence-corrected chi connectivity index (χ1v) is 4.79. The molecule has 0 N–H and O–H groups in total. The summed E-state index contributed by atoms with van der Waals surface area (Å²) in [6.07, 6.45) is 4.30. The zero-order valence-electron chi connectivity index (χ0n) is 6.26. The zero-order valence-corrected chi connectivity index (χ0v) is 7.08. The van der Waals surface area contributed by atoms with Gasteiger partial charge in [-0.25, -0.2) is 0 Å². The van der Waals surface area contributed by atoms with Gasteiger partial charge in [-0.15, -0.1) is 11.3 Å². The van der Waals surface area contributed by atoms with Gasteiger partial charge < -0.3 is 0 Å². The summed E-state index contributed by atoms with van der Waals surface area (Å²) >= 11 is 1.88. The van der Waals surface area contributed by atoms with Gasteiger partial charge >= 0.3 is 0 Å². The smallest absolute Gasteiger partial charge is 0.00171 e. The molecule has 1 aliphatic rings. The van der Waals surface area contributed by atoms with E-state index in [0.717, 1.165) is 5.92 Å². The molecule has 1 heterocycles. The summed E-state index contributed by atoms with van der Waals surface area (Å²) in [5.41, 5.74) is 1.59. The molecule has 1 saturated carbocycles. The molecule has 1 aromatic heterocycles. The van der Waals surface area contributed by atoms with Crippen LogP contribution in [0.5, 0.6) is 0 Å². The molecule has 0 unspecified atom stereocenters. The van der Waals surface area contributed by atoms with E-state index in [1.807, 2.05) is 11.3 Å². The largest absolute Gasteiger partial charge is 0.149 e. The van der Waals surface area contributed by atoms with Gasteiger partial charge in [0.2, 0.25) is 0 Å². The van der Waals surface area contributed by atoms with Gasteiger partial charge in [0.25, 0.3) is 0 Å². The summed E-state index contributed by atoms with van der Waals surface area (Å²) in [4.78, 5) is 1.46. The van der Waals surface area contributed by atoms with E-state index in [4.69, 9.17) is 0 Å². The SMILES string of the molecule is Cc1cc(C2CCC2)cs1. The van der Waals surface area contributed by atoms with Crippen molar-refractivity contribution in [1.29, 1.82) is 0 Å². The predicted octanol–water partition coefficient (Wildman–Crippen LogP) is 3.32. The lowest BCUT2D eigenvalue weighted by molar-refractivity contribution is 0.420. The van der Waals surface area contributed by atoms with Gasteiger partial charge in [0.05, 0.1) is 0 Å². The van der Waals surface area contributed by atoms with E-state index in [2.05, 4.69) is 18.4 Å². The standard InChI is InChI=1S/C9H12S/c1-7-5-9(6-10-7)8-3-2-4-8/h5-6,8H,2-4H2,1H3. The van der Waals surface area contributed by atoms with Crippen LogP contribution in [0, 0.1) is 6.92 Å². The molecule has 0 aliphatic heterocycles. The van der Waals surface area contributed by atoms with Crippen molar-refractivity contribution in [2.75, 3.05) is 0 Å². The Morgan fingerprint density at radius 2 is 2.30 bits per heavy atom. The van der Waals surface area contributed by atoms with Crippen LogP contribution in [0.25, 0.3) is 0 Å². The van der Waals surface area contributed by atoms with E-state index in [0.29, 0.717) is 0 Å². The topological polar surface area (TPSA) is 0 Å². The highest BCUT2D eigenvalue weighted by molar-refractivity contribution is 7.10. The maximum absolute atomic E-state index is 2.34. The Morgan fingerprint density at radius 1 is 1.50 bits per heavy atom. The van der Waals surface area contributed by atoms with Gasteiger partial charge in [0, 0.05) is 4.88 Å². The molecular formula is C9H12S. The zero-order chi connectivity index (χ0) is 6.97. The van der Waals surface area contributed by atoms with Crippen LogP contribution >= 0.6 is 11.3 Å². The maximum atomic E-state index is 2.34. The second kappa shape index (κ2) is 2.39. The third-order valence-corrected chi connectivity index (χ3v) is 3.21. The summed E-state index contributed by atoms with van der Waals surface area (Å²) in [7, 11) is 0. The van der Waals surface area contributed by atoms with Gasteiger partial charge in [-0.3, -0.25) is 0 Å². The molecule has 0 aromatic carbocycles. The molecule has 0 atom stereocenters. The van der Waals surface area contributed by atoms with Crippen LogP contribution in [0.3, 0.4) is 0 Å². The molecule has 1 fully saturated rings. The minimum atomic E-state index is 0.921. The molecule has 0 spiro atoms. The van der Waals surface area contributed by atoms with Crippen LogP contribution in [0.4, 0.5) is 0 Å². The summed E-state index contributed by atoms with van der Waals surface area (Å²) in [5.74, 6) is 0.921. The van der Waals surface area contributed by atoms with Crippen LogP contribution in [-0.4, -0.2) is 0 Å². The molecule has 0 saturated heterocycles. The molecule has 1 heteroatoms. The van der Waals surface area contributed by atoms with E-state index in [-0.39, 0.29) is 0 Å². The van der Waals surface area contributed by atoms with Crippen LogP contribution in [0.15, 0.2) is 11.4 Å². The van der Waals surface area contributed by atoms with Crippen molar-refractivity contribution in [2.24, 2.45) is 0 Å². The quantitative estimate of drug-likeness (QED) is 0.579. The molecule has 2 rings (SSSR count). The lowest BCUT2D eigenvalue weighted by Crippen LogP contribution is -2.06. The Balaban J connectivity index is 2.17. The fraction of sp³-hybridized carbons (Fsp3) is 0.556. The van der Waals surface area contributed by atoms with Gasteiger partial charge in [0.15, 0.2) is 0 Å². The minimum absolute atomic E-state index is 0.921. The van der Waals surface area contributed by atoms with Crippen LogP contribution < -0.4 is 0 Å². The molecular weight excluding hydrogens is 140 g/mol. The highest BCUT2D eigenvalue weighted by Crippen LogP contribution is 2.37. The fourth-order valence-electron chi connectivity index (χ4n) is 1.42. The Hall–Kier alpha value is -0.300. The molecule has 0 radical (unpaired) electrons. The van der Waals surface area contributed by atoms with Gasteiger partial charge in [-0.1, -0.05) is 6.42 Å². The van der Waals surface area contributed by atoms with E-state index in [1.54, 1.807) is 5.56 Å². The first-order chi connectivity index (χ1) is 4.86. The molecule has 0 bridgehead atoms. The Bertz CT molecular complexity index is 220. The normalized spacial score (nSPS) is 18.9. The third-order valence-electron chi connectivity index (χ3n) is 2.33. The Kier molecular flexibility index (Phi) is 1.53. The highest BCUT2D eigenvalue weighted by atomic mass is 32.1. The first kappa shape index (κ1) is 6.41. The summed E-state index contributed by atoms with van der Waals surface area (Å²) in [5, 5.41) is 2.32. The number of hydrogen-bond donors (Lipinski definition) is 0. The van der Waals surface area contributed by atoms with Gasteiger partial charge in [-0.2, -0.15) is 0 Å². The van der Waals surface area contributed by atoms with Crippen molar-refractivity contribution < 1.29 is 0 Å². The predicted molar refractivity (Wildman–Crippen MR) is 45.6 cm³/mol. The van der Waals surface area contributed by atoms with Crippen molar-refractivity contribution >= 4 is 11.3 Å². The molecule has 1 aromatic rings. The van der Waals surface area contributed by atoms with Crippen LogP contribution in [-0.2, 0) is 0 Å². The molecule has 10 heavy (non-hydrogen) atoms. The minimum Gasteiger partial charge on any atom is -0.149 e. The van der Waals surface area contributed by atoms with Gasteiger partial charge in [0.1, 0.15) is 0 Å². The molecule has 1 aliphatic carbocycles. The number of rotatable bonds is 1. The average Bonchev–Trinajstić information content (AvgIpc) is 2.10. The summed E-state index contributed by atoms with van der Waals surface area (Å²) in [6.45, 7) is 2.19. The van der Waals surface area contributed by atoms with E-state index in [1.165, 1.54) is 24.1 Å². The van der Waals surface area contributed by atoms with Crippen molar-refractivity contribution in [1.82, 2.24) is 0 Å². The summed E-state index contributed by atoms with van der Waals surface area (Å²) in [6, 6.07) is 2.34. The maximum Gasteiger partial charge on any atom is 0.00171 e. The summed E-state index contributed by atoms with van der Waals surface area (Å²) < 4.78 is 0. The van der Waals surface area contributed by atoms with E-state index < -0.39 is 0 Å². The van der Waals surface area contributed by atoms with Crippen LogP contribution in [0.2, 0.25) is 0 Å². The Morgan fingerprint density at radius 3 is 2.70 bits per heavy atom.